The average molecular weight is 459 g/mol. The zero-order chi connectivity index (χ0) is 22.4. The lowest BCUT2D eigenvalue weighted by molar-refractivity contribution is -0.114. The van der Waals surface area contributed by atoms with Crippen LogP contribution in [0.3, 0.4) is 0 Å². The van der Waals surface area contributed by atoms with Crippen LogP contribution >= 0.6 is 11.3 Å². The van der Waals surface area contributed by atoms with E-state index in [0.29, 0.717) is 24.4 Å². The van der Waals surface area contributed by atoms with E-state index in [0.717, 1.165) is 15.3 Å². The Morgan fingerprint density at radius 3 is 2.45 bits per heavy atom. The summed E-state index contributed by atoms with van der Waals surface area (Å²) >= 11 is 1.58. The molecule has 0 spiro atoms. The number of carbonyl (C=O) groups excluding carboxylic acids is 1. The highest BCUT2D eigenvalue weighted by molar-refractivity contribution is 7.89. The fourth-order valence-corrected chi connectivity index (χ4v) is 5.64. The van der Waals surface area contributed by atoms with E-state index < -0.39 is 10.0 Å². The monoisotopic (exact) mass is 458 g/mol. The molecule has 0 unspecified atom stereocenters. The summed E-state index contributed by atoms with van der Waals surface area (Å²) in [6.07, 6.45) is 0.596. The Morgan fingerprint density at radius 1 is 1.10 bits per heavy atom. The van der Waals surface area contributed by atoms with Crippen molar-refractivity contribution in [1.82, 2.24) is 4.31 Å². The molecule has 1 heterocycles. The first-order chi connectivity index (χ1) is 14.8. The Morgan fingerprint density at radius 2 is 1.84 bits per heavy atom. The highest BCUT2D eigenvalue weighted by Gasteiger charge is 2.26. The first-order valence-corrected chi connectivity index (χ1v) is 12.1. The third-order valence-corrected chi connectivity index (χ3v) is 7.57. The van der Waals surface area contributed by atoms with Crippen LogP contribution in [0.25, 0.3) is 0 Å². The van der Waals surface area contributed by atoms with E-state index in [1.807, 2.05) is 49.4 Å². The maximum atomic E-state index is 13.6. The van der Waals surface area contributed by atoms with Crippen molar-refractivity contribution in [3.05, 3.63) is 76.0 Å². The highest BCUT2D eigenvalue weighted by atomic mass is 32.2. The van der Waals surface area contributed by atoms with Gasteiger partial charge in [-0.05, 0) is 49.2 Å². The Bertz CT molecular complexity index is 1140. The van der Waals surface area contributed by atoms with Crippen LogP contribution in [0.4, 0.5) is 5.69 Å². The number of hydrogen-bond donors (Lipinski definition) is 1. The minimum absolute atomic E-state index is 0.110. The van der Waals surface area contributed by atoms with E-state index in [4.69, 9.17) is 4.74 Å². The van der Waals surface area contributed by atoms with Gasteiger partial charge in [-0.25, -0.2) is 8.42 Å². The molecule has 31 heavy (non-hydrogen) atoms. The molecule has 0 aliphatic heterocycles. The molecule has 0 aliphatic carbocycles. The third-order valence-electron chi connectivity index (χ3n) is 4.74. The number of sulfonamides is 1. The Labute approximate surface area is 187 Å². The minimum atomic E-state index is -3.81. The Balaban J connectivity index is 1.94. The lowest BCUT2D eigenvalue weighted by Gasteiger charge is -2.22. The molecule has 0 fully saturated rings. The molecule has 2 aromatic carbocycles. The van der Waals surface area contributed by atoms with E-state index in [1.165, 1.54) is 30.5 Å². The summed E-state index contributed by atoms with van der Waals surface area (Å²) < 4.78 is 33.9. The molecule has 3 aromatic rings. The largest absolute Gasteiger partial charge is 0.495 e. The lowest BCUT2D eigenvalue weighted by atomic mass is 10.1. The van der Waals surface area contributed by atoms with Crippen molar-refractivity contribution < 1.29 is 17.9 Å². The first-order valence-electron chi connectivity index (χ1n) is 9.84. The van der Waals surface area contributed by atoms with Crippen LogP contribution in [-0.2, 0) is 27.8 Å². The van der Waals surface area contributed by atoms with Crippen LogP contribution in [0.15, 0.2) is 65.6 Å². The van der Waals surface area contributed by atoms with Crippen molar-refractivity contribution in [3.63, 3.8) is 0 Å². The number of anilines is 1. The number of benzene rings is 2. The zero-order valence-electron chi connectivity index (χ0n) is 17.8. The van der Waals surface area contributed by atoms with Gasteiger partial charge in [0.15, 0.2) is 0 Å². The number of rotatable bonds is 9. The Kier molecular flexibility index (Phi) is 7.48. The number of carbonyl (C=O) groups is 1. The SMILES string of the molecule is COc1ccc(S(=O)(=O)N(CCc2ccccc2)Cc2ccc(C)s2)cc1NC(C)=O. The highest BCUT2D eigenvalue weighted by Crippen LogP contribution is 2.30. The van der Waals surface area contributed by atoms with Crippen LogP contribution < -0.4 is 10.1 Å². The number of nitrogens with zero attached hydrogens (tertiary/aromatic N) is 1. The van der Waals surface area contributed by atoms with Gasteiger partial charge in [0.25, 0.3) is 0 Å². The first kappa shape index (κ1) is 23.0. The molecule has 3 rings (SSSR count). The zero-order valence-corrected chi connectivity index (χ0v) is 19.4. The summed E-state index contributed by atoms with van der Waals surface area (Å²) in [7, 11) is -2.34. The fraction of sp³-hybridized carbons (Fsp3) is 0.261. The van der Waals surface area contributed by atoms with Crippen molar-refractivity contribution in [2.75, 3.05) is 19.0 Å². The summed E-state index contributed by atoms with van der Waals surface area (Å²) in [5, 5.41) is 2.64. The number of aryl methyl sites for hydroxylation is 1. The third kappa shape index (κ3) is 5.94. The summed E-state index contributed by atoms with van der Waals surface area (Å²) in [5.74, 6) is 0.0988. The van der Waals surface area contributed by atoms with Crippen LogP contribution in [0.2, 0.25) is 0 Å². The van der Waals surface area contributed by atoms with Gasteiger partial charge in [0.2, 0.25) is 15.9 Å². The van der Waals surface area contributed by atoms with Crippen LogP contribution in [0, 0.1) is 6.92 Å². The average Bonchev–Trinajstić information content (AvgIpc) is 3.16. The molecule has 0 saturated heterocycles. The van der Waals surface area contributed by atoms with Gasteiger partial charge in [0, 0.05) is 29.8 Å². The normalized spacial score (nSPS) is 11.5. The van der Waals surface area contributed by atoms with Crippen LogP contribution in [-0.4, -0.2) is 32.3 Å². The molecule has 164 valence electrons. The van der Waals surface area contributed by atoms with Gasteiger partial charge in [-0.3, -0.25) is 4.79 Å². The van der Waals surface area contributed by atoms with Crippen molar-refractivity contribution in [2.45, 2.75) is 31.7 Å². The molecule has 0 aliphatic rings. The lowest BCUT2D eigenvalue weighted by Crippen LogP contribution is -2.32. The predicted molar refractivity (Wildman–Crippen MR) is 124 cm³/mol. The molecule has 6 nitrogen and oxygen atoms in total. The minimum Gasteiger partial charge on any atom is -0.495 e. The number of hydrogen-bond acceptors (Lipinski definition) is 5. The standard InChI is InChI=1S/C23H26N2O4S2/c1-17-9-10-20(30-17)16-25(14-13-19-7-5-4-6-8-19)31(27,28)21-11-12-23(29-3)22(15-21)24-18(2)26/h4-12,15H,13-14,16H2,1-3H3,(H,24,26). The molecule has 0 saturated carbocycles. The van der Waals surface area contributed by atoms with Gasteiger partial charge in [-0.1, -0.05) is 30.3 Å². The van der Waals surface area contributed by atoms with Gasteiger partial charge in [0.05, 0.1) is 17.7 Å². The van der Waals surface area contributed by atoms with E-state index in [-0.39, 0.29) is 17.3 Å². The molecular weight excluding hydrogens is 432 g/mol. The second-order valence-electron chi connectivity index (χ2n) is 7.13. The predicted octanol–water partition coefficient (Wildman–Crippen LogP) is 4.46. The second-order valence-corrected chi connectivity index (χ2v) is 10.4. The van der Waals surface area contributed by atoms with Crippen molar-refractivity contribution in [1.29, 1.82) is 0 Å². The van der Waals surface area contributed by atoms with E-state index in [1.54, 1.807) is 17.4 Å². The number of nitrogens with one attached hydrogen (secondary N) is 1. The molecule has 8 heteroatoms. The molecular formula is C23H26N2O4S2. The number of ether oxygens (including phenoxy) is 1. The smallest absolute Gasteiger partial charge is 0.243 e. The number of methoxy groups -OCH3 is 1. The topological polar surface area (TPSA) is 75.7 Å². The Hall–Kier alpha value is -2.68. The maximum Gasteiger partial charge on any atom is 0.243 e. The molecule has 0 atom stereocenters. The molecule has 1 N–H and O–H groups in total. The van der Waals surface area contributed by atoms with E-state index in [9.17, 15) is 13.2 Å². The molecule has 1 amide bonds. The second kappa shape index (κ2) is 10.1. The van der Waals surface area contributed by atoms with E-state index >= 15 is 0 Å². The molecule has 0 radical (unpaired) electrons. The van der Waals surface area contributed by atoms with Gasteiger partial charge >= 0.3 is 0 Å². The van der Waals surface area contributed by atoms with Crippen LogP contribution in [0.1, 0.15) is 22.2 Å². The fourth-order valence-electron chi connectivity index (χ4n) is 3.21. The van der Waals surface area contributed by atoms with Gasteiger partial charge in [-0.2, -0.15) is 4.31 Å². The van der Waals surface area contributed by atoms with Gasteiger partial charge < -0.3 is 10.1 Å². The van der Waals surface area contributed by atoms with E-state index in [2.05, 4.69) is 5.32 Å². The van der Waals surface area contributed by atoms with Gasteiger partial charge in [-0.15, -0.1) is 11.3 Å². The van der Waals surface area contributed by atoms with Crippen molar-refractivity contribution >= 4 is 33.0 Å². The molecule has 0 bridgehead atoms. The molecule has 1 aromatic heterocycles. The summed E-state index contributed by atoms with van der Waals surface area (Å²) in [6, 6.07) is 18.3. The summed E-state index contributed by atoms with van der Waals surface area (Å²) in [6.45, 7) is 3.99. The maximum absolute atomic E-state index is 13.6. The van der Waals surface area contributed by atoms with Crippen LogP contribution in [0.5, 0.6) is 5.75 Å². The number of thiophene rings is 1. The van der Waals surface area contributed by atoms with Crippen molar-refractivity contribution in [3.8, 4) is 5.75 Å². The van der Waals surface area contributed by atoms with Crippen molar-refractivity contribution in [2.24, 2.45) is 0 Å². The number of amides is 1. The van der Waals surface area contributed by atoms with Gasteiger partial charge in [0.1, 0.15) is 5.75 Å². The summed E-state index contributed by atoms with van der Waals surface area (Å²) in [4.78, 5) is 13.8. The quantitative estimate of drug-likeness (QED) is 0.514. The summed E-state index contributed by atoms with van der Waals surface area (Å²) in [5.41, 5.74) is 1.39.